The summed E-state index contributed by atoms with van der Waals surface area (Å²) in [7, 11) is 1.47. The van der Waals surface area contributed by atoms with Crippen LogP contribution in [0.1, 0.15) is 27.6 Å². The monoisotopic (exact) mass is 398 g/mol. The Hall–Kier alpha value is -2.44. The average Bonchev–Trinajstić information content (AvgIpc) is 3.16. The van der Waals surface area contributed by atoms with Crippen molar-refractivity contribution in [3.63, 3.8) is 0 Å². The molecule has 3 rings (SSSR count). The van der Waals surface area contributed by atoms with Gasteiger partial charge in [0.05, 0.1) is 6.04 Å². The van der Waals surface area contributed by atoms with Crippen LogP contribution in [0.3, 0.4) is 0 Å². The summed E-state index contributed by atoms with van der Waals surface area (Å²) >= 11 is 1.74. The molecule has 0 saturated heterocycles. The summed E-state index contributed by atoms with van der Waals surface area (Å²) in [6.45, 7) is 6.70. The third-order valence-corrected chi connectivity index (χ3v) is 5.97. The topological polar surface area (TPSA) is 49.9 Å². The Kier molecular flexibility index (Phi) is 6.65. The number of carbonyl (C=O) groups is 2. The number of thiophene rings is 1. The zero-order valence-electron chi connectivity index (χ0n) is 16.4. The Morgan fingerprint density at radius 1 is 1.32 bits per heavy atom. The quantitative estimate of drug-likeness (QED) is 0.673. The van der Waals surface area contributed by atoms with Crippen LogP contribution >= 0.6 is 11.3 Å². The van der Waals surface area contributed by atoms with Gasteiger partial charge in [-0.1, -0.05) is 35.9 Å². The highest BCUT2D eigenvalue weighted by atomic mass is 32.1. The molecule has 0 fully saturated rings. The Bertz CT molecular complexity index is 844. The summed E-state index contributed by atoms with van der Waals surface area (Å²) in [5, 5.41) is 2.09. The summed E-state index contributed by atoms with van der Waals surface area (Å²) in [6.07, 6.45) is 2.47. The molecule has 1 aliphatic rings. The smallest absolute Gasteiger partial charge is 0.249 e. The van der Waals surface area contributed by atoms with Gasteiger partial charge < -0.3 is 14.5 Å². The minimum absolute atomic E-state index is 0.0239. The van der Waals surface area contributed by atoms with Crippen LogP contribution in [0.5, 0.6) is 0 Å². The minimum Gasteiger partial charge on any atom is -0.375 e. The van der Waals surface area contributed by atoms with Crippen molar-refractivity contribution in [1.82, 2.24) is 9.80 Å². The van der Waals surface area contributed by atoms with E-state index in [1.807, 2.05) is 4.90 Å². The molecule has 1 atom stereocenters. The molecule has 1 aromatic carbocycles. The van der Waals surface area contributed by atoms with Gasteiger partial charge in [0.2, 0.25) is 11.8 Å². The standard InChI is InChI=1S/C22H26N2O3S/c1-4-11-23(21(26)15-27-3)14-20(25)24-12-9-19-18(10-13-28-19)22(24)17-7-5-16(2)6-8-17/h4-8,10,13,22H,1,9,11-12,14-15H2,2-3H3/t22-/m1/s1. The van der Waals surface area contributed by atoms with Crippen LogP contribution in [0.15, 0.2) is 48.4 Å². The average molecular weight is 399 g/mol. The minimum atomic E-state index is -0.212. The van der Waals surface area contributed by atoms with Gasteiger partial charge in [-0.05, 0) is 35.9 Å². The molecule has 148 valence electrons. The molecule has 0 N–H and O–H groups in total. The van der Waals surface area contributed by atoms with Crippen LogP contribution in [0.2, 0.25) is 0 Å². The fourth-order valence-electron chi connectivity index (χ4n) is 3.57. The normalized spacial score (nSPS) is 15.8. The molecule has 6 heteroatoms. The van der Waals surface area contributed by atoms with Crippen molar-refractivity contribution in [1.29, 1.82) is 0 Å². The van der Waals surface area contributed by atoms with Gasteiger partial charge in [-0.25, -0.2) is 0 Å². The van der Waals surface area contributed by atoms with E-state index >= 15 is 0 Å². The van der Waals surface area contributed by atoms with Gasteiger partial charge >= 0.3 is 0 Å². The molecule has 1 aliphatic heterocycles. The van der Waals surface area contributed by atoms with E-state index in [1.165, 1.54) is 28.0 Å². The zero-order chi connectivity index (χ0) is 20.1. The Morgan fingerprint density at radius 2 is 2.07 bits per heavy atom. The summed E-state index contributed by atoms with van der Waals surface area (Å²) in [4.78, 5) is 30.2. The van der Waals surface area contributed by atoms with Gasteiger partial charge in [0.25, 0.3) is 0 Å². The largest absolute Gasteiger partial charge is 0.375 e. The third-order valence-electron chi connectivity index (χ3n) is 4.98. The maximum absolute atomic E-state index is 13.2. The van der Waals surface area contributed by atoms with Crippen molar-refractivity contribution in [2.45, 2.75) is 19.4 Å². The van der Waals surface area contributed by atoms with Crippen molar-refractivity contribution >= 4 is 23.2 Å². The Labute approximate surface area is 170 Å². The molecule has 0 spiro atoms. The molecule has 0 unspecified atom stereocenters. The number of methoxy groups -OCH3 is 1. The number of nitrogens with zero attached hydrogens (tertiary/aromatic N) is 2. The first-order valence-corrected chi connectivity index (χ1v) is 10.2. The van der Waals surface area contributed by atoms with E-state index in [1.54, 1.807) is 17.4 Å². The van der Waals surface area contributed by atoms with E-state index in [-0.39, 0.29) is 31.0 Å². The molecule has 0 radical (unpaired) electrons. The molecular weight excluding hydrogens is 372 g/mol. The predicted octanol–water partition coefficient (Wildman–Crippen LogP) is 3.19. The van der Waals surface area contributed by atoms with E-state index in [0.717, 1.165) is 12.0 Å². The van der Waals surface area contributed by atoms with E-state index in [2.05, 4.69) is 49.2 Å². The van der Waals surface area contributed by atoms with Gasteiger partial charge in [0.1, 0.15) is 13.2 Å². The summed E-state index contributed by atoms with van der Waals surface area (Å²) in [5.41, 5.74) is 3.47. The van der Waals surface area contributed by atoms with Crippen molar-refractivity contribution < 1.29 is 14.3 Å². The fraction of sp³-hybridized carbons (Fsp3) is 0.364. The van der Waals surface area contributed by atoms with E-state index in [0.29, 0.717) is 13.1 Å². The summed E-state index contributed by atoms with van der Waals surface area (Å²) < 4.78 is 4.95. The highest BCUT2D eigenvalue weighted by Crippen LogP contribution is 2.37. The third kappa shape index (κ3) is 4.34. The number of hydrogen-bond acceptors (Lipinski definition) is 4. The van der Waals surface area contributed by atoms with Gasteiger partial charge in [-0.2, -0.15) is 0 Å². The number of ether oxygens (including phenoxy) is 1. The molecule has 1 aromatic heterocycles. The van der Waals surface area contributed by atoms with Crippen LogP contribution in [0, 0.1) is 6.92 Å². The predicted molar refractivity (Wildman–Crippen MR) is 111 cm³/mol. The first kappa shape index (κ1) is 20.3. The molecule has 5 nitrogen and oxygen atoms in total. The molecule has 2 aromatic rings. The van der Waals surface area contributed by atoms with Crippen molar-refractivity contribution in [3.05, 3.63) is 69.9 Å². The van der Waals surface area contributed by atoms with Gasteiger partial charge in [0, 0.05) is 25.1 Å². The van der Waals surface area contributed by atoms with Gasteiger partial charge in [0.15, 0.2) is 0 Å². The number of benzene rings is 1. The number of aryl methyl sites for hydroxylation is 1. The Morgan fingerprint density at radius 3 is 2.75 bits per heavy atom. The molecular formula is C22H26N2O3S. The second-order valence-electron chi connectivity index (χ2n) is 6.95. The molecule has 2 amide bonds. The lowest BCUT2D eigenvalue weighted by molar-refractivity contribution is -0.143. The maximum atomic E-state index is 13.2. The number of fused-ring (bicyclic) bond motifs is 1. The van der Waals surface area contributed by atoms with Crippen molar-refractivity contribution in [2.24, 2.45) is 0 Å². The number of rotatable bonds is 7. The SMILES string of the molecule is C=CCN(CC(=O)N1CCc2sccc2[C@H]1c1ccc(C)cc1)C(=O)COC. The van der Waals surface area contributed by atoms with Gasteiger partial charge in [-0.3, -0.25) is 9.59 Å². The van der Waals surface area contributed by atoms with E-state index in [4.69, 9.17) is 4.74 Å². The number of amides is 2. The molecule has 0 bridgehead atoms. The lowest BCUT2D eigenvalue weighted by Crippen LogP contribution is -2.47. The molecule has 0 aliphatic carbocycles. The molecule has 0 saturated carbocycles. The first-order valence-electron chi connectivity index (χ1n) is 9.35. The second-order valence-corrected chi connectivity index (χ2v) is 7.95. The van der Waals surface area contributed by atoms with Crippen LogP contribution < -0.4 is 0 Å². The van der Waals surface area contributed by atoms with E-state index in [9.17, 15) is 9.59 Å². The van der Waals surface area contributed by atoms with Crippen molar-refractivity contribution in [2.75, 3.05) is 33.4 Å². The van der Waals surface area contributed by atoms with Crippen LogP contribution in [0.25, 0.3) is 0 Å². The van der Waals surface area contributed by atoms with Crippen LogP contribution in [-0.4, -0.2) is 55.0 Å². The fourth-order valence-corrected chi connectivity index (χ4v) is 4.48. The highest BCUT2D eigenvalue weighted by molar-refractivity contribution is 7.10. The number of hydrogen-bond donors (Lipinski definition) is 0. The first-order chi connectivity index (χ1) is 13.5. The second kappa shape index (κ2) is 9.17. The Balaban J connectivity index is 1.87. The van der Waals surface area contributed by atoms with Crippen molar-refractivity contribution in [3.8, 4) is 0 Å². The summed E-state index contributed by atoms with van der Waals surface area (Å²) in [5.74, 6) is -0.274. The maximum Gasteiger partial charge on any atom is 0.249 e. The van der Waals surface area contributed by atoms with Crippen LogP contribution in [0.4, 0.5) is 0 Å². The van der Waals surface area contributed by atoms with Gasteiger partial charge in [-0.15, -0.1) is 17.9 Å². The molecule has 28 heavy (non-hydrogen) atoms. The number of carbonyl (C=O) groups excluding carboxylic acids is 2. The van der Waals surface area contributed by atoms with Crippen LogP contribution in [-0.2, 0) is 20.7 Å². The summed E-state index contributed by atoms with van der Waals surface area (Å²) in [6, 6.07) is 10.3. The lowest BCUT2D eigenvalue weighted by atomic mass is 9.92. The molecule has 2 heterocycles. The highest BCUT2D eigenvalue weighted by Gasteiger charge is 2.33. The lowest BCUT2D eigenvalue weighted by Gasteiger charge is -2.37. The zero-order valence-corrected chi connectivity index (χ0v) is 17.2. The van der Waals surface area contributed by atoms with E-state index < -0.39 is 0 Å².